The van der Waals surface area contributed by atoms with E-state index in [9.17, 15) is 19.5 Å². The van der Waals surface area contributed by atoms with Crippen LogP contribution in [0, 0.1) is 0 Å². The van der Waals surface area contributed by atoms with E-state index in [2.05, 4.69) is 5.32 Å². The normalized spacial score (nSPS) is 27.8. The highest BCUT2D eigenvalue weighted by molar-refractivity contribution is 8.18. The SMILES string of the molecule is CC1=C(C(=O)O)N2C(=O)C(NC(=O)C(N)C3=CSCSC3)C2SC1. The van der Waals surface area contributed by atoms with Crippen LogP contribution in [0.4, 0.5) is 0 Å². The first kappa shape index (κ1) is 17.7. The largest absolute Gasteiger partial charge is 0.477 e. The van der Waals surface area contributed by atoms with E-state index in [1.54, 1.807) is 30.4 Å². The van der Waals surface area contributed by atoms with E-state index < -0.39 is 29.9 Å². The van der Waals surface area contributed by atoms with Gasteiger partial charge in [-0.3, -0.25) is 14.5 Å². The molecule has 3 heterocycles. The Morgan fingerprint density at radius 1 is 1.46 bits per heavy atom. The van der Waals surface area contributed by atoms with Crippen LogP contribution in [0.1, 0.15) is 6.92 Å². The minimum absolute atomic E-state index is 0.0290. The van der Waals surface area contributed by atoms with Crippen LogP contribution in [0.2, 0.25) is 0 Å². The van der Waals surface area contributed by atoms with Crippen LogP contribution in [0.25, 0.3) is 0 Å². The number of aliphatic carboxylic acids is 1. The number of hydrogen-bond acceptors (Lipinski definition) is 7. The summed E-state index contributed by atoms with van der Waals surface area (Å²) < 4.78 is 0. The highest BCUT2D eigenvalue weighted by Gasteiger charge is 2.53. The van der Waals surface area contributed by atoms with Crippen LogP contribution >= 0.6 is 35.3 Å². The molecule has 4 N–H and O–H groups in total. The van der Waals surface area contributed by atoms with Crippen molar-refractivity contribution in [1.29, 1.82) is 0 Å². The van der Waals surface area contributed by atoms with Gasteiger partial charge in [0.2, 0.25) is 5.91 Å². The molecule has 0 spiro atoms. The topological polar surface area (TPSA) is 113 Å². The zero-order chi connectivity index (χ0) is 17.4. The van der Waals surface area contributed by atoms with E-state index in [1.807, 2.05) is 5.41 Å². The average molecular weight is 388 g/mol. The second kappa shape index (κ2) is 7.03. The summed E-state index contributed by atoms with van der Waals surface area (Å²) in [6.45, 7) is 1.70. The first-order valence-corrected chi connectivity index (χ1v) is 10.5. The predicted molar refractivity (Wildman–Crippen MR) is 96.3 cm³/mol. The molecule has 130 valence electrons. The number of nitrogens with zero attached hydrogens (tertiary/aromatic N) is 1. The molecule has 0 bridgehead atoms. The average Bonchev–Trinajstić information content (AvgIpc) is 2.59. The molecule has 1 saturated heterocycles. The summed E-state index contributed by atoms with van der Waals surface area (Å²) in [5.41, 5.74) is 7.51. The van der Waals surface area contributed by atoms with Crippen LogP contribution in [-0.2, 0) is 14.4 Å². The second-order valence-electron chi connectivity index (χ2n) is 5.63. The van der Waals surface area contributed by atoms with Crippen molar-refractivity contribution >= 4 is 53.1 Å². The fourth-order valence-electron chi connectivity index (χ4n) is 2.73. The van der Waals surface area contributed by atoms with Crippen molar-refractivity contribution in [2.24, 2.45) is 5.73 Å². The molecule has 0 radical (unpaired) electrons. The van der Waals surface area contributed by atoms with Crippen LogP contribution < -0.4 is 11.1 Å². The fraction of sp³-hybridized carbons (Fsp3) is 0.500. The molecule has 2 amide bonds. The smallest absolute Gasteiger partial charge is 0.352 e. The Hall–Kier alpha value is -1.10. The minimum atomic E-state index is -1.12. The Labute approximate surface area is 151 Å². The lowest BCUT2D eigenvalue weighted by Gasteiger charge is -2.49. The number of carbonyl (C=O) groups is 3. The van der Waals surface area contributed by atoms with Gasteiger partial charge in [0.05, 0.1) is 0 Å². The Morgan fingerprint density at radius 3 is 2.83 bits per heavy atom. The molecule has 10 heteroatoms. The zero-order valence-corrected chi connectivity index (χ0v) is 15.3. The number of carbonyl (C=O) groups excluding carboxylic acids is 2. The number of nitrogens with one attached hydrogen (secondary N) is 1. The number of carboxylic acids is 1. The number of rotatable bonds is 4. The van der Waals surface area contributed by atoms with Gasteiger partial charge >= 0.3 is 5.97 Å². The summed E-state index contributed by atoms with van der Waals surface area (Å²) in [5, 5.41) is 14.4. The van der Waals surface area contributed by atoms with Crippen molar-refractivity contribution in [3.05, 3.63) is 22.3 Å². The number of β-lactam (4-membered cyclic amide) rings is 1. The van der Waals surface area contributed by atoms with E-state index >= 15 is 0 Å². The second-order valence-corrected chi connectivity index (χ2v) is 8.95. The molecule has 0 aromatic carbocycles. The first-order valence-electron chi connectivity index (χ1n) is 7.23. The summed E-state index contributed by atoms with van der Waals surface area (Å²) >= 11 is 4.74. The van der Waals surface area contributed by atoms with E-state index in [0.29, 0.717) is 17.1 Å². The Bertz CT molecular complexity index is 664. The third-order valence-corrected chi connectivity index (χ3v) is 7.64. The van der Waals surface area contributed by atoms with Crippen LogP contribution in [0.5, 0.6) is 0 Å². The van der Waals surface area contributed by atoms with Gasteiger partial charge in [0.25, 0.3) is 5.91 Å². The van der Waals surface area contributed by atoms with Crippen molar-refractivity contribution in [1.82, 2.24) is 10.2 Å². The van der Waals surface area contributed by atoms with Gasteiger partial charge in [-0.05, 0) is 23.5 Å². The van der Waals surface area contributed by atoms with Crippen LogP contribution in [0.15, 0.2) is 22.3 Å². The molecule has 0 aromatic heterocycles. The Balaban J connectivity index is 1.68. The molecule has 3 rings (SSSR count). The molecule has 7 nitrogen and oxygen atoms in total. The minimum Gasteiger partial charge on any atom is -0.477 e. The number of thioether (sulfide) groups is 3. The summed E-state index contributed by atoms with van der Waals surface area (Å²) in [5.74, 6) is -0.686. The molecule has 3 aliphatic heterocycles. The maximum atomic E-state index is 12.3. The van der Waals surface area contributed by atoms with Crippen molar-refractivity contribution in [2.45, 2.75) is 24.4 Å². The standard InChI is InChI=1S/C14H17N3O4S3/c1-6-2-24-13-9(12(19)17(13)10(6)14(20)21)16-11(18)8(15)7-3-22-5-23-4-7/h3,8-9,13H,2,4-5,15H2,1H3,(H,16,18)(H,20,21). The van der Waals surface area contributed by atoms with E-state index in [0.717, 1.165) is 10.7 Å². The summed E-state index contributed by atoms with van der Waals surface area (Å²) in [6.07, 6.45) is 0. The fourth-order valence-corrected chi connectivity index (χ4v) is 6.06. The molecule has 3 unspecified atom stereocenters. The maximum Gasteiger partial charge on any atom is 0.352 e. The molecular weight excluding hydrogens is 370 g/mol. The van der Waals surface area contributed by atoms with E-state index in [1.165, 1.54) is 16.7 Å². The highest BCUT2D eigenvalue weighted by Crippen LogP contribution is 2.40. The van der Waals surface area contributed by atoms with Crippen molar-refractivity contribution in [3.63, 3.8) is 0 Å². The zero-order valence-electron chi connectivity index (χ0n) is 12.9. The lowest BCUT2D eigenvalue weighted by molar-refractivity contribution is -0.150. The summed E-state index contributed by atoms with van der Waals surface area (Å²) in [4.78, 5) is 37.3. The first-order chi connectivity index (χ1) is 11.4. The van der Waals surface area contributed by atoms with Gasteiger partial charge in [-0.2, -0.15) is 0 Å². The molecule has 0 aliphatic carbocycles. The van der Waals surface area contributed by atoms with Gasteiger partial charge in [-0.15, -0.1) is 35.3 Å². The monoisotopic (exact) mass is 387 g/mol. The number of carboxylic acid groups (broad SMARTS) is 1. The molecule has 3 atom stereocenters. The van der Waals surface area contributed by atoms with Crippen LogP contribution in [0.3, 0.4) is 0 Å². The Kier molecular flexibility index (Phi) is 5.19. The predicted octanol–water partition coefficient (Wildman–Crippen LogP) is 0.394. The summed E-state index contributed by atoms with van der Waals surface area (Å²) in [6, 6.07) is -1.50. The lowest BCUT2D eigenvalue weighted by Crippen LogP contribution is -2.71. The van der Waals surface area contributed by atoms with Gasteiger partial charge in [0.1, 0.15) is 23.2 Å². The molecule has 1 fully saturated rings. The van der Waals surface area contributed by atoms with Crippen LogP contribution in [-0.4, -0.2) is 61.8 Å². The number of hydrogen-bond donors (Lipinski definition) is 3. The highest BCUT2D eigenvalue weighted by atomic mass is 32.2. The van der Waals surface area contributed by atoms with Crippen molar-refractivity contribution < 1.29 is 19.5 Å². The summed E-state index contributed by atoms with van der Waals surface area (Å²) in [7, 11) is 0. The maximum absolute atomic E-state index is 12.3. The number of fused-ring (bicyclic) bond motifs is 1. The van der Waals surface area contributed by atoms with Crippen molar-refractivity contribution in [2.75, 3.05) is 16.6 Å². The number of amides is 2. The third kappa shape index (κ3) is 3.07. The lowest BCUT2D eigenvalue weighted by atomic mass is 10.0. The molecule has 3 aliphatic rings. The van der Waals surface area contributed by atoms with Gasteiger partial charge < -0.3 is 16.2 Å². The number of nitrogens with two attached hydrogens (primary N) is 1. The van der Waals surface area contributed by atoms with Crippen molar-refractivity contribution in [3.8, 4) is 0 Å². The third-order valence-electron chi connectivity index (χ3n) is 4.00. The van der Waals surface area contributed by atoms with Gasteiger partial charge in [-0.1, -0.05) is 0 Å². The van der Waals surface area contributed by atoms with Gasteiger partial charge in [0, 0.05) is 16.6 Å². The molecule has 0 saturated carbocycles. The van der Waals surface area contributed by atoms with Gasteiger partial charge in [0.15, 0.2) is 0 Å². The van der Waals surface area contributed by atoms with E-state index in [4.69, 9.17) is 5.73 Å². The Morgan fingerprint density at radius 2 is 2.21 bits per heavy atom. The molecule has 24 heavy (non-hydrogen) atoms. The van der Waals surface area contributed by atoms with Gasteiger partial charge in [-0.25, -0.2) is 4.79 Å². The molecular formula is C14H17N3O4S3. The molecule has 0 aromatic rings. The quantitative estimate of drug-likeness (QED) is 0.594. The van der Waals surface area contributed by atoms with E-state index in [-0.39, 0.29) is 11.1 Å².